The Bertz CT molecular complexity index is 481. The van der Waals surface area contributed by atoms with E-state index in [-0.39, 0.29) is 11.9 Å². The summed E-state index contributed by atoms with van der Waals surface area (Å²) in [6.45, 7) is 4.14. The van der Waals surface area contributed by atoms with Crippen molar-refractivity contribution in [3.8, 4) is 0 Å². The Labute approximate surface area is 130 Å². The van der Waals surface area contributed by atoms with Crippen molar-refractivity contribution in [3.63, 3.8) is 0 Å². The summed E-state index contributed by atoms with van der Waals surface area (Å²) in [4.78, 5) is 13.6. The Kier molecular flexibility index (Phi) is 6.15. The van der Waals surface area contributed by atoms with Crippen LogP contribution in [-0.2, 0) is 4.74 Å². The van der Waals surface area contributed by atoms with E-state index in [9.17, 15) is 14.3 Å². The van der Waals surface area contributed by atoms with Crippen molar-refractivity contribution >= 4 is 6.09 Å². The predicted octanol–water partition coefficient (Wildman–Crippen LogP) is 2.07. The molecule has 0 aromatic heterocycles. The maximum atomic E-state index is 12.9. The van der Waals surface area contributed by atoms with Crippen molar-refractivity contribution in [2.24, 2.45) is 0 Å². The van der Waals surface area contributed by atoms with Crippen LogP contribution in [0.25, 0.3) is 0 Å². The van der Waals surface area contributed by atoms with Crippen molar-refractivity contribution in [1.82, 2.24) is 10.2 Å². The lowest BCUT2D eigenvalue weighted by Gasteiger charge is -2.34. The fourth-order valence-corrected chi connectivity index (χ4v) is 2.71. The lowest BCUT2D eigenvalue weighted by atomic mass is 10.0. The lowest BCUT2D eigenvalue weighted by molar-refractivity contribution is 0.0878. The van der Waals surface area contributed by atoms with Crippen LogP contribution in [0, 0.1) is 5.82 Å². The van der Waals surface area contributed by atoms with E-state index in [1.54, 1.807) is 19.1 Å². The monoisotopic (exact) mass is 310 g/mol. The first kappa shape index (κ1) is 16.7. The predicted molar refractivity (Wildman–Crippen MR) is 81.0 cm³/mol. The molecule has 2 rings (SSSR count). The molecule has 0 bridgehead atoms. The molecule has 1 aliphatic rings. The van der Waals surface area contributed by atoms with Gasteiger partial charge in [-0.1, -0.05) is 12.1 Å². The third-order valence-electron chi connectivity index (χ3n) is 3.79. The van der Waals surface area contributed by atoms with Crippen LogP contribution in [0.15, 0.2) is 24.3 Å². The number of ether oxygens (including phenoxy) is 1. The Morgan fingerprint density at radius 3 is 2.91 bits per heavy atom. The van der Waals surface area contributed by atoms with Gasteiger partial charge >= 0.3 is 6.09 Å². The van der Waals surface area contributed by atoms with E-state index in [0.717, 1.165) is 19.4 Å². The van der Waals surface area contributed by atoms with Crippen LogP contribution in [0.3, 0.4) is 0 Å². The van der Waals surface area contributed by atoms with E-state index in [0.29, 0.717) is 25.3 Å². The minimum absolute atomic E-state index is 0.0354. The van der Waals surface area contributed by atoms with Gasteiger partial charge in [0.1, 0.15) is 5.82 Å². The highest BCUT2D eigenvalue weighted by atomic mass is 19.1. The second-order valence-corrected chi connectivity index (χ2v) is 5.53. The minimum Gasteiger partial charge on any atom is -0.450 e. The fraction of sp³-hybridized carbons (Fsp3) is 0.562. The van der Waals surface area contributed by atoms with Crippen LogP contribution in [0.4, 0.5) is 9.18 Å². The summed E-state index contributed by atoms with van der Waals surface area (Å²) in [5.41, 5.74) is 0.696. The standard InChI is InChI=1S/C16H23FN2O3/c1-2-22-16(21)18-14-4-3-9-19(10-14)11-15(20)12-5-7-13(17)8-6-12/h5-8,14-15,20H,2-4,9-11H2,1H3,(H,18,21). The number of aliphatic hydroxyl groups is 1. The number of alkyl carbamates (subject to hydrolysis) is 1. The number of amides is 1. The number of nitrogens with zero attached hydrogens (tertiary/aromatic N) is 1. The molecule has 1 aromatic carbocycles. The number of likely N-dealkylation sites (tertiary alicyclic amines) is 1. The van der Waals surface area contributed by atoms with Gasteiger partial charge in [-0.3, -0.25) is 4.90 Å². The zero-order chi connectivity index (χ0) is 15.9. The Morgan fingerprint density at radius 2 is 2.23 bits per heavy atom. The molecule has 22 heavy (non-hydrogen) atoms. The van der Waals surface area contributed by atoms with Gasteiger partial charge in [-0.15, -0.1) is 0 Å². The van der Waals surface area contributed by atoms with E-state index >= 15 is 0 Å². The highest BCUT2D eigenvalue weighted by Crippen LogP contribution is 2.18. The summed E-state index contributed by atoms with van der Waals surface area (Å²) in [6, 6.07) is 5.92. The zero-order valence-electron chi connectivity index (χ0n) is 12.8. The fourth-order valence-electron chi connectivity index (χ4n) is 2.71. The first-order chi connectivity index (χ1) is 10.6. The van der Waals surface area contributed by atoms with Gasteiger partial charge in [0.25, 0.3) is 0 Å². The molecule has 2 unspecified atom stereocenters. The summed E-state index contributed by atoms with van der Waals surface area (Å²) >= 11 is 0. The lowest BCUT2D eigenvalue weighted by Crippen LogP contribution is -2.48. The van der Waals surface area contributed by atoms with Gasteiger partial charge in [-0.2, -0.15) is 0 Å². The molecule has 0 aliphatic carbocycles. The van der Waals surface area contributed by atoms with Gasteiger partial charge in [-0.05, 0) is 44.0 Å². The molecule has 5 nitrogen and oxygen atoms in total. The molecule has 0 saturated carbocycles. The van der Waals surface area contributed by atoms with Gasteiger partial charge in [-0.25, -0.2) is 9.18 Å². The second kappa shape index (κ2) is 8.10. The molecule has 0 radical (unpaired) electrons. The highest BCUT2D eigenvalue weighted by Gasteiger charge is 2.23. The minimum atomic E-state index is -0.665. The van der Waals surface area contributed by atoms with Crippen molar-refractivity contribution in [3.05, 3.63) is 35.6 Å². The van der Waals surface area contributed by atoms with E-state index in [1.165, 1.54) is 12.1 Å². The van der Waals surface area contributed by atoms with Crippen LogP contribution in [-0.4, -0.2) is 48.4 Å². The number of hydrogen-bond donors (Lipinski definition) is 2. The van der Waals surface area contributed by atoms with E-state index < -0.39 is 12.2 Å². The van der Waals surface area contributed by atoms with Gasteiger partial charge in [0.2, 0.25) is 0 Å². The van der Waals surface area contributed by atoms with Crippen molar-refractivity contribution in [2.75, 3.05) is 26.2 Å². The molecule has 1 aromatic rings. The number of piperidine rings is 1. The number of carbonyl (C=O) groups is 1. The van der Waals surface area contributed by atoms with E-state index in [2.05, 4.69) is 10.2 Å². The summed E-state index contributed by atoms with van der Waals surface area (Å²) in [7, 11) is 0. The van der Waals surface area contributed by atoms with Crippen LogP contribution in [0.5, 0.6) is 0 Å². The summed E-state index contributed by atoms with van der Waals surface area (Å²) in [5.74, 6) is -0.312. The Balaban J connectivity index is 1.84. The molecule has 1 fully saturated rings. The SMILES string of the molecule is CCOC(=O)NC1CCCN(CC(O)c2ccc(F)cc2)C1. The number of β-amino-alcohol motifs (C(OH)–C–C–N with tert-alkyl or cyclic N) is 1. The molecule has 122 valence electrons. The van der Waals surface area contributed by atoms with E-state index in [1.807, 2.05) is 0 Å². The van der Waals surface area contributed by atoms with E-state index in [4.69, 9.17) is 4.74 Å². The number of benzene rings is 1. The first-order valence-corrected chi connectivity index (χ1v) is 7.67. The van der Waals surface area contributed by atoms with Gasteiger partial charge in [0, 0.05) is 19.1 Å². The summed E-state index contributed by atoms with van der Waals surface area (Å²) in [6.07, 6.45) is 0.796. The van der Waals surface area contributed by atoms with Crippen LogP contribution in [0.2, 0.25) is 0 Å². The molecule has 1 aliphatic heterocycles. The number of halogens is 1. The van der Waals surface area contributed by atoms with Crippen molar-refractivity contribution < 1.29 is 19.0 Å². The van der Waals surface area contributed by atoms with Crippen molar-refractivity contribution in [2.45, 2.75) is 31.9 Å². The Hall–Kier alpha value is -1.66. The molecule has 1 amide bonds. The van der Waals surface area contributed by atoms with Crippen LogP contribution in [0.1, 0.15) is 31.4 Å². The van der Waals surface area contributed by atoms with Gasteiger partial charge in [0.05, 0.1) is 12.7 Å². The third kappa shape index (κ3) is 4.96. The smallest absolute Gasteiger partial charge is 0.407 e. The molecular weight excluding hydrogens is 287 g/mol. The molecular formula is C16H23FN2O3. The molecule has 2 atom stereocenters. The number of aliphatic hydroxyl groups excluding tert-OH is 1. The normalized spacial score (nSPS) is 20.4. The average molecular weight is 310 g/mol. The zero-order valence-corrected chi connectivity index (χ0v) is 12.8. The highest BCUT2D eigenvalue weighted by molar-refractivity contribution is 5.67. The summed E-state index contributed by atoms with van der Waals surface area (Å²) in [5, 5.41) is 13.1. The maximum absolute atomic E-state index is 12.9. The first-order valence-electron chi connectivity index (χ1n) is 7.67. The molecule has 2 N–H and O–H groups in total. The van der Waals surface area contributed by atoms with Crippen molar-refractivity contribution in [1.29, 1.82) is 0 Å². The topological polar surface area (TPSA) is 61.8 Å². The largest absolute Gasteiger partial charge is 0.450 e. The van der Waals surface area contributed by atoms with Crippen LogP contribution >= 0.6 is 0 Å². The Morgan fingerprint density at radius 1 is 1.50 bits per heavy atom. The quantitative estimate of drug-likeness (QED) is 0.874. The molecule has 1 heterocycles. The number of carbonyl (C=O) groups excluding carboxylic acids is 1. The number of rotatable bonds is 5. The molecule has 1 saturated heterocycles. The van der Waals surface area contributed by atoms with Crippen LogP contribution < -0.4 is 5.32 Å². The molecule has 6 heteroatoms. The maximum Gasteiger partial charge on any atom is 0.407 e. The molecule has 0 spiro atoms. The van der Waals surface area contributed by atoms with Gasteiger partial charge < -0.3 is 15.2 Å². The summed E-state index contributed by atoms with van der Waals surface area (Å²) < 4.78 is 17.8. The van der Waals surface area contributed by atoms with Gasteiger partial charge in [0.15, 0.2) is 0 Å². The third-order valence-corrected chi connectivity index (χ3v) is 3.79. The average Bonchev–Trinajstić information content (AvgIpc) is 2.48. The number of nitrogens with one attached hydrogen (secondary N) is 1. The number of hydrogen-bond acceptors (Lipinski definition) is 4. The second-order valence-electron chi connectivity index (χ2n) is 5.53.